The number of carbonyl (C=O) groups is 3. The summed E-state index contributed by atoms with van der Waals surface area (Å²) < 4.78 is 10.3. The topological polar surface area (TPSA) is 83.3 Å². The molecule has 2 saturated heterocycles. The molecule has 2 aliphatic rings. The zero-order valence-corrected chi connectivity index (χ0v) is 17.3. The number of rotatable bonds is 4. The van der Waals surface area contributed by atoms with Crippen molar-refractivity contribution < 1.29 is 23.5 Å². The van der Waals surface area contributed by atoms with Gasteiger partial charge >= 0.3 is 0 Å². The summed E-state index contributed by atoms with van der Waals surface area (Å²) in [6, 6.07) is 8.43. The molecule has 0 N–H and O–H groups in total. The van der Waals surface area contributed by atoms with Gasteiger partial charge < -0.3 is 23.9 Å². The maximum atomic E-state index is 13.0. The van der Waals surface area contributed by atoms with Crippen molar-refractivity contribution in [3.63, 3.8) is 0 Å². The number of benzene rings is 1. The minimum atomic E-state index is -0.411. The summed E-state index contributed by atoms with van der Waals surface area (Å²) in [6.07, 6.45) is 1.62. The standard InChI is InChI=1S/C21H22ClN3O5/c1-29-17-5-4-15(12-16(17)22)25-13-14(11-19(25)26)20(27)23-6-8-24(9-7-23)21(28)18-3-2-10-30-18/h2-5,10,12,14H,6-9,11,13H2,1H3. The Bertz CT molecular complexity index is 954. The van der Waals surface area contributed by atoms with Gasteiger partial charge in [0.2, 0.25) is 11.8 Å². The molecule has 0 saturated carbocycles. The van der Waals surface area contributed by atoms with Crippen LogP contribution in [0.3, 0.4) is 0 Å². The van der Waals surface area contributed by atoms with E-state index >= 15 is 0 Å². The molecular formula is C21H22ClN3O5. The van der Waals surface area contributed by atoms with Gasteiger partial charge in [-0.3, -0.25) is 14.4 Å². The molecule has 0 radical (unpaired) electrons. The van der Waals surface area contributed by atoms with Gasteiger partial charge in [0.25, 0.3) is 5.91 Å². The number of halogens is 1. The lowest BCUT2D eigenvalue weighted by atomic mass is 10.1. The average molecular weight is 432 g/mol. The highest BCUT2D eigenvalue weighted by atomic mass is 35.5. The SMILES string of the molecule is COc1ccc(N2CC(C(=O)N3CCN(C(=O)c4ccco4)CC3)CC2=O)cc1Cl. The lowest BCUT2D eigenvalue weighted by Crippen LogP contribution is -2.52. The van der Waals surface area contributed by atoms with Crippen LogP contribution >= 0.6 is 11.6 Å². The predicted molar refractivity (Wildman–Crippen MR) is 110 cm³/mol. The maximum Gasteiger partial charge on any atom is 0.289 e. The van der Waals surface area contributed by atoms with Crippen molar-refractivity contribution in [1.82, 2.24) is 9.80 Å². The van der Waals surface area contributed by atoms with E-state index in [0.717, 1.165) is 0 Å². The molecule has 2 aliphatic heterocycles. The van der Waals surface area contributed by atoms with Gasteiger partial charge in [-0.05, 0) is 30.3 Å². The zero-order valence-electron chi connectivity index (χ0n) is 16.5. The molecular weight excluding hydrogens is 410 g/mol. The summed E-state index contributed by atoms with van der Waals surface area (Å²) in [4.78, 5) is 42.9. The molecule has 4 rings (SSSR count). The van der Waals surface area contributed by atoms with Gasteiger partial charge in [0.15, 0.2) is 5.76 Å². The van der Waals surface area contributed by atoms with E-state index in [0.29, 0.717) is 54.9 Å². The molecule has 1 aromatic heterocycles. The number of methoxy groups -OCH3 is 1. The summed E-state index contributed by atoms with van der Waals surface area (Å²) in [5, 5.41) is 0.412. The lowest BCUT2D eigenvalue weighted by molar-refractivity contribution is -0.137. The molecule has 1 aromatic carbocycles. The van der Waals surface area contributed by atoms with Gasteiger partial charge in [0.1, 0.15) is 5.75 Å². The van der Waals surface area contributed by atoms with Crippen molar-refractivity contribution >= 4 is 35.0 Å². The van der Waals surface area contributed by atoms with Crippen molar-refractivity contribution in [3.8, 4) is 5.75 Å². The third kappa shape index (κ3) is 3.87. The van der Waals surface area contributed by atoms with Crippen LogP contribution in [-0.4, -0.2) is 67.4 Å². The van der Waals surface area contributed by atoms with Crippen molar-refractivity contribution in [2.24, 2.45) is 5.92 Å². The van der Waals surface area contributed by atoms with Gasteiger partial charge in [0.05, 0.1) is 24.3 Å². The summed E-state index contributed by atoms with van der Waals surface area (Å²) >= 11 is 6.18. The molecule has 0 aliphatic carbocycles. The minimum absolute atomic E-state index is 0.0597. The fraction of sp³-hybridized carbons (Fsp3) is 0.381. The Morgan fingerprint density at radius 1 is 1.13 bits per heavy atom. The fourth-order valence-corrected chi connectivity index (χ4v) is 4.14. The molecule has 3 heterocycles. The van der Waals surface area contributed by atoms with E-state index in [2.05, 4.69) is 0 Å². The second-order valence-corrected chi connectivity index (χ2v) is 7.73. The number of anilines is 1. The van der Waals surface area contributed by atoms with E-state index in [9.17, 15) is 14.4 Å². The first-order valence-corrected chi connectivity index (χ1v) is 10.1. The van der Waals surface area contributed by atoms with Crippen LogP contribution in [0, 0.1) is 5.92 Å². The molecule has 2 fully saturated rings. The molecule has 0 spiro atoms. The smallest absolute Gasteiger partial charge is 0.289 e. The van der Waals surface area contributed by atoms with Crippen LogP contribution in [0.15, 0.2) is 41.0 Å². The van der Waals surface area contributed by atoms with E-state index < -0.39 is 5.92 Å². The summed E-state index contributed by atoms with van der Waals surface area (Å²) in [6.45, 7) is 2.05. The molecule has 2 aromatic rings. The Balaban J connectivity index is 1.36. The van der Waals surface area contributed by atoms with Gasteiger partial charge in [-0.15, -0.1) is 0 Å². The molecule has 9 heteroatoms. The molecule has 1 unspecified atom stereocenters. The first-order chi connectivity index (χ1) is 14.5. The average Bonchev–Trinajstić information content (AvgIpc) is 3.43. The molecule has 8 nitrogen and oxygen atoms in total. The van der Waals surface area contributed by atoms with E-state index in [1.54, 1.807) is 45.0 Å². The first kappa shape index (κ1) is 20.3. The van der Waals surface area contributed by atoms with Crippen molar-refractivity contribution in [2.45, 2.75) is 6.42 Å². The van der Waals surface area contributed by atoms with Crippen molar-refractivity contribution in [1.29, 1.82) is 0 Å². The predicted octanol–water partition coefficient (Wildman–Crippen LogP) is 2.28. The summed E-state index contributed by atoms with van der Waals surface area (Å²) in [7, 11) is 1.53. The Morgan fingerprint density at radius 2 is 1.87 bits per heavy atom. The zero-order chi connectivity index (χ0) is 21.3. The third-order valence-corrected chi connectivity index (χ3v) is 5.83. The third-order valence-electron chi connectivity index (χ3n) is 5.53. The summed E-state index contributed by atoms with van der Waals surface area (Å²) in [5.41, 5.74) is 0.648. The largest absolute Gasteiger partial charge is 0.495 e. The monoisotopic (exact) mass is 431 g/mol. The number of nitrogens with zero attached hydrogens (tertiary/aromatic N) is 3. The molecule has 158 valence electrons. The number of ether oxygens (including phenoxy) is 1. The normalized spacial score (nSPS) is 19.3. The van der Waals surface area contributed by atoms with Crippen LogP contribution in [0.2, 0.25) is 5.02 Å². The van der Waals surface area contributed by atoms with Gasteiger partial charge in [-0.25, -0.2) is 0 Å². The number of piperazine rings is 1. The Morgan fingerprint density at radius 3 is 2.50 bits per heavy atom. The van der Waals surface area contributed by atoms with Crippen molar-refractivity contribution in [2.75, 3.05) is 44.7 Å². The Labute approximate surface area is 178 Å². The van der Waals surface area contributed by atoms with E-state index in [1.807, 2.05) is 0 Å². The second kappa shape index (κ2) is 8.39. The highest BCUT2D eigenvalue weighted by Gasteiger charge is 2.38. The molecule has 1 atom stereocenters. The molecule has 30 heavy (non-hydrogen) atoms. The van der Waals surface area contributed by atoms with Crippen LogP contribution in [0.5, 0.6) is 5.75 Å². The summed E-state index contributed by atoms with van der Waals surface area (Å²) in [5.74, 6) is 0.0693. The Kier molecular flexibility index (Phi) is 5.67. The van der Waals surface area contributed by atoms with Crippen molar-refractivity contribution in [3.05, 3.63) is 47.4 Å². The Hall–Kier alpha value is -3.00. The van der Waals surface area contributed by atoms with Crippen LogP contribution in [0.4, 0.5) is 5.69 Å². The number of furan rings is 1. The highest BCUT2D eigenvalue weighted by Crippen LogP contribution is 2.32. The van der Waals surface area contributed by atoms with E-state index in [-0.39, 0.29) is 24.1 Å². The lowest BCUT2D eigenvalue weighted by Gasteiger charge is -2.35. The fourth-order valence-electron chi connectivity index (χ4n) is 3.89. The quantitative estimate of drug-likeness (QED) is 0.741. The van der Waals surface area contributed by atoms with Gasteiger partial charge in [-0.2, -0.15) is 0 Å². The van der Waals surface area contributed by atoms with Crippen LogP contribution in [0.1, 0.15) is 17.0 Å². The van der Waals surface area contributed by atoms with Gasteiger partial charge in [-0.1, -0.05) is 11.6 Å². The minimum Gasteiger partial charge on any atom is -0.495 e. The number of amides is 3. The highest BCUT2D eigenvalue weighted by molar-refractivity contribution is 6.32. The van der Waals surface area contributed by atoms with E-state index in [4.69, 9.17) is 20.8 Å². The second-order valence-electron chi connectivity index (χ2n) is 7.32. The molecule has 3 amide bonds. The van der Waals surface area contributed by atoms with Gasteiger partial charge in [0, 0.05) is 44.8 Å². The van der Waals surface area contributed by atoms with Crippen LogP contribution in [0.25, 0.3) is 0 Å². The number of hydrogen-bond acceptors (Lipinski definition) is 5. The molecule has 0 bridgehead atoms. The van der Waals surface area contributed by atoms with Crippen LogP contribution < -0.4 is 9.64 Å². The number of carbonyl (C=O) groups excluding carboxylic acids is 3. The first-order valence-electron chi connectivity index (χ1n) is 9.73. The maximum absolute atomic E-state index is 13.0. The van der Waals surface area contributed by atoms with E-state index in [1.165, 1.54) is 13.4 Å². The van der Waals surface area contributed by atoms with Crippen LogP contribution in [-0.2, 0) is 9.59 Å². The number of hydrogen-bond donors (Lipinski definition) is 0.